The van der Waals surface area contributed by atoms with Gasteiger partial charge < -0.3 is 19.7 Å². The first kappa shape index (κ1) is 23.8. The van der Waals surface area contributed by atoms with Gasteiger partial charge in [-0.3, -0.25) is 9.59 Å². The van der Waals surface area contributed by atoms with Crippen LogP contribution in [0.1, 0.15) is 26.3 Å². The average Bonchev–Trinajstić information content (AvgIpc) is 3.02. The molecule has 0 atom stereocenters. The molecule has 0 unspecified atom stereocenters. The lowest BCUT2D eigenvalue weighted by atomic mass is 10.0. The monoisotopic (exact) mass is 448 g/mol. The van der Waals surface area contributed by atoms with Crippen LogP contribution in [0, 0.1) is 5.92 Å². The van der Waals surface area contributed by atoms with Crippen molar-refractivity contribution in [2.24, 2.45) is 5.92 Å². The Hall–Kier alpha value is -3.87. The van der Waals surface area contributed by atoms with Crippen molar-refractivity contribution in [1.29, 1.82) is 0 Å². The first-order chi connectivity index (χ1) is 15.8. The predicted octanol–water partition coefficient (Wildman–Crippen LogP) is 4.03. The Morgan fingerprint density at radius 3 is 2.33 bits per heavy atom. The van der Waals surface area contributed by atoms with E-state index in [1.54, 1.807) is 54.3 Å². The predicted molar refractivity (Wildman–Crippen MR) is 126 cm³/mol. The zero-order valence-corrected chi connectivity index (χ0v) is 19.3. The molecule has 7 nitrogen and oxygen atoms in total. The molecule has 2 aromatic rings. The van der Waals surface area contributed by atoms with Crippen molar-refractivity contribution in [3.63, 3.8) is 0 Å². The molecule has 0 bridgehead atoms. The third kappa shape index (κ3) is 5.88. The highest BCUT2D eigenvalue weighted by molar-refractivity contribution is 6.16. The van der Waals surface area contributed by atoms with E-state index in [-0.39, 0.29) is 29.9 Å². The van der Waals surface area contributed by atoms with Gasteiger partial charge in [-0.2, -0.15) is 0 Å². The maximum absolute atomic E-state index is 13.0. The Balaban J connectivity index is 1.71. The van der Waals surface area contributed by atoms with Crippen molar-refractivity contribution in [3.05, 3.63) is 77.0 Å². The van der Waals surface area contributed by atoms with Crippen molar-refractivity contribution in [2.75, 3.05) is 25.6 Å². The van der Waals surface area contributed by atoms with Crippen molar-refractivity contribution < 1.29 is 23.9 Å². The molecule has 172 valence electrons. The molecule has 2 aromatic carbocycles. The van der Waals surface area contributed by atoms with E-state index in [4.69, 9.17) is 9.47 Å². The van der Waals surface area contributed by atoms with Crippen LogP contribution in [-0.4, -0.2) is 42.9 Å². The highest BCUT2D eigenvalue weighted by atomic mass is 16.5. The number of methoxy groups -OCH3 is 1. The maximum atomic E-state index is 13.0. The Bertz CT molecular complexity index is 1090. The van der Waals surface area contributed by atoms with Crippen molar-refractivity contribution in [3.8, 4) is 5.75 Å². The lowest BCUT2D eigenvalue weighted by Crippen LogP contribution is -2.28. The molecular formula is C26H28N2O5. The second-order valence-corrected chi connectivity index (χ2v) is 8.09. The number of nitrogens with zero attached hydrogens (tertiary/aromatic N) is 1. The van der Waals surface area contributed by atoms with Gasteiger partial charge in [-0.15, -0.1) is 0 Å². The SMILES string of the molecule is COC(=O)C1=C(C)N(CC(C)C)C(=O)/C1=C/c1ccc(OCC(=O)Nc2ccccc2)cc1. The normalized spacial score (nSPS) is 14.8. The molecule has 0 aromatic heterocycles. The Morgan fingerprint density at radius 1 is 1.06 bits per heavy atom. The fourth-order valence-corrected chi connectivity index (χ4v) is 3.51. The van der Waals surface area contributed by atoms with Crippen LogP contribution in [0.2, 0.25) is 0 Å². The topological polar surface area (TPSA) is 84.9 Å². The van der Waals surface area contributed by atoms with Gasteiger partial charge in [-0.25, -0.2) is 4.79 Å². The molecule has 3 rings (SSSR count). The minimum atomic E-state index is -0.539. The van der Waals surface area contributed by atoms with Gasteiger partial charge in [0.05, 0.1) is 18.3 Å². The van der Waals surface area contributed by atoms with E-state index in [0.717, 1.165) is 5.56 Å². The number of benzene rings is 2. The molecule has 1 aliphatic heterocycles. The smallest absolute Gasteiger partial charge is 0.340 e. The maximum Gasteiger partial charge on any atom is 0.340 e. The van der Waals surface area contributed by atoms with E-state index < -0.39 is 5.97 Å². The summed E-state index contributed by atoms with van der Waals surface area (Å²) in [6.45, 7) is 6.16. The molecule has 1 heterocycles. The van der Waals surface area contributed by atoms with Gasteiger partial charge in [-0.05, 0) is 48.7 Å². The molecular weight excluding hydrogens is 420 g/mol. The van der Waals surface area contributed by atoms with Crippen molar-refractivity contribution in [1.82, 2.24) is 4.90 Å². The van der Waals surface area contributed by atoms with Crippen LogP contribution < -0.4 is 10.1 Å². The van der Waals surface area contributed by atoms with Crippen molar-refractivity contribution >= 4 is 29.5 Å². The average molecular weight is 449 g/mol. The highest BCUT2D eigenvalue weighted by Gasteiger charge is 2.37. The van der Waals surface area contributed by atoms with Gasteiger partial charge >= 0.3 is 5.97 Å². The van der Waals surface area contributed by atoms with Gasteiger partial charge in [-0.1, -0.05) is 44.2 Å². The summed E-state index contributed by atoms with van der Waals surface area (Å²) in [7, 11) is 1.30. The van der Waals surface area contributed by atoms with Crippen LogP contribution in [0.15, 0.2) is 71.4 Å². The molecule has 0 radical (unpaired) electrons. The fraction of sp³-hybridized carbons (Fsp3) is 0.269. The molecule has 33 heavy (non-hydrogen) atoms. The highest BCUT2D eigenvalue weighted by Crippen LogP contribution is 2.32. The van der Waals surface area contributed by atoms with E-state index in [9.17, 15) is 14.4 Å². The molecule has 1 N–H and O–H groups in total. The van der Waals surface area contributed by atoms with Gasteiger partial charge in [0.15, 0.2) is 6.61 Å². The zero-order chi connectivity index (χ0) is 24.0. The van der Waals surface area contributed by atoms with E-state index in [1.807, 2.05) is 32.0 Å². The van der Waals surface area contributed by atoms with E-state index in [0.29, 0.717) is 29.3 Å². The number of hydrogen-bond donors (Lipinski definition) is 1. The molecule has 1 aliphatic rings. The van der Waals surface area contributed by atoms with Gasteiger partial charge in [0.2, 0.25) is 0 Å². The van der Waals surface area contributed by atoms with Crippen LogP contribution in [0.5, 0.6) is 5.75 Å². The molecule has 0 saturated heterocycles. The molecule has 0 saturated carbocycles. The molecule has 0 fully saturated rings. The van der Waals surface area contributed by atoms with E-state index in [2.05, 4.69) is 5.32 Å². The van der Waals surface area contributed by atoms with E-state index in [1.165, 1.54) is 7.11 Å². The minimum Gasteiger partial charge on any atom is -0.484 e. The summed E-state index contributed by atoms with van der Waals surface area (Å²) in [5.74, 6) is -0.267. The lowest BCUT2D eigenvalue weighted by molar-refractivity contribution is -0.136. The second kappa shape index (κ2) is 10.6. The number of nitrogens with one attached hydrogen (secondary N) is 1. The number of rotatable bonds is 8. The van der Waals surface area contributed by atoms with Gasteiger partial charge in [0.25, 0.3) is 11.8 Å². The number of allylic oxidation sites excluding steroid dienone is 1. The summed E-state index contributed by atoms with van der Waals surface area (Å²) < 4.78 is 10.5. The number of para-hydroxylation sites is 1. The Kier molecular flexibility index (Phi) is 7.66. The lowest BCUT2D eigenvalue weighted by Gasteiger charge is -2.19. The molecule has 0 spiro atoms. The van der Waals surface area contributed by atoms with Crippen LogP contribution >= 0.6 is 0 Å². The summed E-state index contributed by atoms with van der Waals surface area (Å²) in [4.78, 5) is 39.1. The van der Waals surface area contributed by atoms with Crippen LogP contribution in [0.25, 0.3) is 6.08 Å². The molecule has 7 heteroatoms. The quantitative estimate of drug-likeness (QED) is 0.487. The number of carbonyl (C=O) groups excluding carboxylic acids is 3. The summed E-state index contributed by atoms with van der Waals surface area (Å²) in [5.41, 5.74) is 2.60. The number of carbonyl (C=O) groups is 3. The summed E-state index contributed by atoms with van der Waals surface area (Å²) >= 11 is 0. The molecule has 0 aliphatic carbocycles. The fourth-order valence-electron chi connectivity index (χ4n) is 3.51. The molecule has 2 amide bonds. The third-order valence-corrected chi connectivity index (χ3v) is 5.07. The first-order valence-electron chi connectivity index (χ1n) is 10.7. The first-order valence-corrected chi connectivity index (χ1v) is 10.7. The summed E-state index contributed by atoms with van der Waals surface area (Å²) in [6, 6.07) is 16.1. The number of anilines is 1. The Morgan fingerprint density at radius 2 is 1.73 bits per heavy atom. The summed E-state index contributed by atoms with van der Waals surface area (Å²) in [6.07, 6.45) is 1.67. The minimum absolute atomic E-state index is 0.133. The largest absolute Gasteiger partial charge is 0.484 e. The zero-order valence-electron chi connectivity index (χ0n) is 19.3. The number of hydrogen-bond acceptors (Lipinski definition) is 5. The van der Waals surface area contributed by atoms with Gasteiger partial charge in [0.1, 0.15) is 5.75 Å². The van der Waals surface area contributed by atoms with Crippen molar-refractivity contribution in [2.45, 2.75) is 20.8 Å². The third-order valence-electron chi connectivity index (χ3n) is 5.07. The van der Waals surface area contributed by atoms with Crippen LogP contribution in [0.4, 0.5) is 5.69 Å². The van der Waals surface area contributed by atoms with Gasteiger partial charge in [0, 0.05) is 17.9 Å². The standard InChI is InChI=1S/C26H28N2O5/c1-17(2)15-28-18(3)24(26(31)32-4)22(25(28)30)14-19-10-12-21(13-11-19)33-16-23(29)27-20-8-6-5-7-9-20/h5-14,17H,15-16H2,1-4H3,(H,27,29)/b22-14+. The van der Waals surface area contributed by atoms with Crippen LogP contribution in [0.3, 0.4) is 0 Å². The number of esters is 1. The number of ether oxygens (including phenoxy) is 2. The Labute approximate surface area is 193 Å². The summed E-state index contributed by atoms with van der Waals surface area (Å²) in [5, 5.41) is 2.75. The number of amides is 2. The second-order valence-electron chi connectivity index (χ2n) is 8.09. The van der Waals surface area contributed by atoms with E-state index >= 15 is 0 Å². The van der Waals surface area contributed by atoms with Crippen LogP contribution in [-0.2, 0) is 19.1 Å².